The van der Waals surface area contributed by atoms with Crippen LogP contribution in [0.2, 0.25) is 5.02 Å². The highest BCUT2D eigenvalue weighted by atomic mass is 35.5. The molecule has 0 atom stereocenters. The molecule has 1 N–H and O–H groups in total. The monoisotopic (exact) mass is 257 g/mol. The lowest BCUT2D eigenvalue weighted by molar-refractivity contribution is -0.322. The number of ether oxygens (including phenoxy) is 1. The second-order valence-electron chi connectivity index (χ2n) is 2.85. The third-order valence-corrected chi connectivity index (χ3v) is 1.92. The second kappa shape index (κ2) is 5.36. The van der Waals surface area contributed by atoms with Crippen molar-refractivity contribution in [3.05, 3.63) is 29.0 Å². The maximum Gasteiger partial charge on any atom is 0.522 e. The van der Waals surface area contributed by atoms with Gasteiger partial charge in [-0.2, -0.15) is 0 Å². The van der Waals surface area contributed by atoms with Gasteiger partial charge in [0.05, 0.1) is 11.6 Å². The van der Waals surface area contributed by atoms with Crippen molar-refractivity contribution >= 4 is 17.3 Å². The number of anilines is 1. The Bertz CT molecular complexity index is 356. The van der Waals surface area contributed by atoms with Crippen molar-refractivity contribution < 1.29 is 22.3 Å². The standard InChI is InChI=1S/C9H8ClF4NO/c10-7-2-1-6(5-8(7)11)15-3-4-16-9(12,13)14/h1-2,5,15H,3-4H2. The molecule has 0 spiro atoms. The van der Waals surface area contributed by atoms with Crippen LogP contribution in [0.25, 0.3) is 0 Å². The van der Waals surface area contributed by atoms with Gasteiger partial charge in [-0.25, -0.2) is 4.39 Å². The SMILES string of the molecule is Fc1cc(NCCOC(F)(F)F)ccc1Cl. The Hall–Kier alpha value is -1.01. The number of rotatable bonds is 4. The lowest BCUT2D eigenvalue weighted by atomic mass is 10.3. The maximum atomic E-state index is 12.9. The molecular weight excluding hydrogens is 250 g/mol. The minimum absolute atomic E-state index is 0.0444. The molecular formula is C9H8ClF4NO. The fourth-order valence-electron chi connectivity index (χ4n) is 0.968. The first kappa shape index (κ1) is 13.1. The Kier molecular flexibility index (Phi) is 4.37. The van der Waals surface area contributed by atoms with Crippen molar-refractivity contribution in [1.82, 2.24) is 0 Å². The molecule has 0 aromatic heterocycles. The summed E-state index contributed by atoms with van der Waals surface area (Å²) in [6, 6.07) is 3.86. The number of benzene rings is 1. The van der Waals surface area contributed by atoms with Gasteiger partial charge in [0.1, 0.15) is 5.82 Å². The zero-order valence-electron chi connectivity index (χ0n) is 7.94. The van der Waals surface area contributed by atoms with Crippen LogP contribution in [0.15, 0.2) is 18.2 Å². The van der Waals surface area contributed by atoms with E-state index in [0.29, 0.717) is 5.69 Å². The number of alkyl halides is 3. The summed E-state index contributed by atoms with van der Waals surface area (Å²) in [5, 5.41) is 2.52. The van der Waals surface area contributed by atoms with Crippen LogP contribution in [-0.2, 0) is 4.74 Å². The molecule has 0 aliphatic heterocycles. The number of hydrogen-bond acceptors (Lipinski definition) is 2. The van der Waals surface area contributed by atoms with Gasteiger partial charge in [0, 0.05) is 12.2 Å². The van der Waals surface area contributed by atoms with E-state index in [1.54, 1.807) is 0 Å². The Balaban J connectivity index is 2.35. The molecule has 1 aromatic carbocycles. The van der Waals surface area contributed by atoms with E-state index in [-0.39, 0.29) is 11.6 Å². The Morgan fingerprint density at radius 1 is 1.31 bits per heavy atom. The summed E-state index contributed by atoms with van der Waals surface area (Å²) in [4.78, 5) is 0. The Morgan fingerprint density at radius 3 is 2.56 bits per heavy atom. The molecule has 0 bridgehead atoms. The molecule has 0 aliphatic carbocycles. The smallest absolute Gasteiger partial charge is 0.383 e. The van der Waals surface area contributed by atoms with Crippen LogP contribution in [0.1, 0.15) is 0 Å². The van der Waals surface area contributed by atoms with Gasteiger partial charge in [-0.05, 0) is 18.2 Å². The van der Waals surface area contributed by atoms with Crippen LogP contribution in [0.4, 0.5) is 23.2 Å². The molecule has 2 nitrogen and oxygen atoms in total. The van der Waals surface area contributed by atoms with E-state index in [2.05, 4.69) is 10.1 Å². The van der Waals surface area contributed by atoms with E-state index in [9.17, 15) is 17.6 Å². The summed E-state index contributed by atoms with van der Waals surface area (Å²) >= 11 is 5.43. The minimum Gasteiger partial charge on any atom is -0.383 e. The molecule has 0 saturated carbocycles. The topological polar surface area (TPSA) is 21.3 Å². The molecule has 7 heteroatoms. The van der Waals surface area contributed by atoms with E-state index < -0.39 is 18.8 Å². The lowest BCUT2D eigenvalue weighted by Crippen LogP contribution is -2.19. The van der Waals surface area contributed by atoms with Crippen molar-refractivity contribution in [1.29, 1.82) is 0 Å². The summed E-state index contributed by atoms with van der Waals surface area (Å²) in [5.41, 5.74) is 0.340. The highest BCUT2D eigenvalue weighted by molar-refractivity contribution is 6.30. The van der Waals surface area contributed by atoms with E-state index >= 15 is 0 Å². The van der Waals surface area contributed by atoms with Gasteiger partial charge >= 0.3 is 6.36 Å². The van der Waals surface area contributed by atoms with Crippen molar-refractivity contribution in [3.8, 4) is 0 Å². The summed E-state index contributed by atoms with van der Waals surface area (Å²) in [5.74, 6) is -0.636. The average Bonchev–Trinajstić information content (AvgIpc) is 2.17. The highest BCUT2D eigenvalue weighted by Gasteiger charge is 2.28. The van der Waals surface area contributed by atoms with Gasteiger partial charge in [0.25, 0.3) is 0 Å². The molecule has 90 valence electrons. The Labute approximate surface area is 94.2 Å². The van der Waals surface area contributed by atoms with Crippen LogP contribution in [0, 0.1) is 5.82 Å². The number of hydrogen-bond donors (Lipinski definition) is 1. The number of halogens is 5. The van der Waals surface area contributed by atoms with Gasteiger partial charge < -0.3 is 5.32 Å². The molecule has 1 aromatic rings. The lowest BCUT2D eigenvalue weighted by Gasteiger charge is -2.09. The first-order chi connectivity index (χ1) is 7.38. The van der Waals surface area contributed by atoms with Crippen molar-refractivity contribution in [3.63, 3.8) is 0 Å². The summed E-state index contributed by atoms with van der Waals surface area (Å²) in [6.07, 6.45) is -4.65. The van der Waals surface area contributed by atoms with E-state index in [1.807, 2.05) is 0 Å². The molecule has 0 fully saturated rings. The van der Waals surface area contributed by atoms with Crippen LogP contribution in [-0.4, -0.2) is 19.5 Å². The normalized spacial score (nSPS) is 11.6. The first-order valence-corrected chi connectivity index (χ1v) is 4.66. The van der Waals surface area contributed by atoms with Crippen LogP contribution in [0.5, 0.6) is 0 Å². The van der Waals surface area contributed by atoms with Gasteiger partial charge in [-0.15, -0.1) is 13.2 Å². The van der Waals surface area contributed by atoms with Gasteiger partial charge in [-0.1, -0.05) is 11.6 Å². The molecule has 16 heavy (non-hydrogen) atoms. The third kappa shape index (κ3) is 4.67. The molecule has 0 radical (unpaired) electrons. The average molecular weight is 258 g/mol. The molecule has 1 rings (SSSR count). The third-order valence-electron chi connectivity index (χ3n) is 1.62. The number of nitrogens with one attached hydrogen (secondary N) is 1. The molecule has 0 heterocycles. The first-order valence-electron chi connectivity index (χ1n) is 4.28. The quantitative estimate of drug-likeness (QED) is 0.659. The molecule has 0 unspecified atom stereocenters. The summed E-state index contributed by atoms with van der Waals surface area (Å²) in [7, 11) is 0. The molecule has 0 saturated heterocycles. The van der Waals surface area contributed by atoms with Gasteiger partial charge in [0.15, 0.2) is 0 Å². The van der Waals surface area contributed by atoms with Crippen LogP contribution in [0.3, 0.4) is 0 Å². The molecule has 0 aliphatic rings. The van der Waals surface area contributed by atoms with Crippen LogP contribution < -0.4 is 5.32 Å². The van der Waals surface area contributed by atoms with Crippen LogP contribution >= 0.6 is 11.6 Å². The fourth-order valence-corrected chi connectivity index (χ4v) is 1.09. The predicted octanol–water partition coefficient (Wildman–Crippen LogP) is 3.43. The van der Waals surface area contributed by atoms with E-state index in [0.717, 1.165) is 6.07 Å². The van der Waals surface area contributed by atoms with E-state index in [1.165, 1.54) is 12.1 Å². The largest absolute Gasteiger partial charge is 0.522 e. The Morgan fingerprint density at radius 2 is 2.00 bits per heavy atom. The maximum absolute atomic E-state index is 12.9. The summed E-state index contributed by atoms with van der Waals surface area (Å²) < 4.78 is 51.1. The fraction of sp³-hybridized carbons (Fsp3) is 0.333. The zero-order chi connectivity index (χ0) is 12.2. The van der Waals surface area contributed by atoms with Crippen molar-refractivity contribution in [2.75, 3.05) is 18.5 Å². The predicted molar refractivity (Wildman–Crippen MR) is 51.9 cm³/mol. The zero-order valence-corrected chi connectivity index (χ0v) is 8.70. The highest BCUT2D eigenvalue weighted by Crippen LogP contribution is 2.19. The van der Waals surface area contributed by atoms with Crippen molar-refractivity contribution in [2.24, 2.45) is 0 Å². The summed E-state index contributed by atoms with van der Waals surface area (Å²) in [6.45, 7) is -0.631. The minimum atomic E-state index is -4.65. The van der Waals surface area contributed by atoms with Gasteiger partial charge in [-0.3, -0.25) is 4.74 Å². The molecule has 0 amide bonds. The van der Waals surface area contributed by atoms with E-state index in [4.69, 9.17) is 11.6 Å². The van der Waals surface area contributed by atoms with Gasteiger partial charge in [0.2, 0.25) is 0 Å². The van der Waals surface area contributed by atoms with Crippen molar-refractivity contribution in [2.45, 2.75) is 6.36 Å². The second-order valence-corrected chi connectivity index (χ2v) is 3.26.